The third-order valence-corrected chi connectivity index (χ3v) is 1.66. The van der Waals surface area contributed by atoms with Crippen LogP contribution < -0.4 is 10.6 Å². The summed E-state index contributed by atoms with van der Waals surface area (Å²) in [6.45, 7) is 5.12. The second-order valence-corrected chi connectivity index (χ2v) is 2.74. The molecule has 0 aliphatic heterocycles. The average molecular weight is 180 g/mol. The summed E-state index contributed by atoms with van der Waals surface area (Å²) in [6, 6.07) is 3.79. The normalized spacial score (nSPS) is 9.92. The fourth-order valence-corrected chi connectivity index (χ4v) is 1.00. The third-order valence-electron chi connectivity index (χ3n) is 1.66. The van der Waals surface area contributed by atoms with Gasteiger partial charge in [0.05, 0.1) is 0 Å². The van der Waals surface area contributed by atoms with E-state index in [-0.39, 0.29) is 0 Å². The van der Waals surface area contributed by atoms with E-state index >= 15 is 0 Å². The SMILES string of the molecule is CCNCCCNc1cccnn1. The molecule has 1 rings (SSSR count). The van der Waals surface area contributed by atoms with Crippen LogP contribution in [-0.4, -0.2) is 29.8 Å². The molecule has 1 aromatic rings. The lowest BCUT2D eigenvalue weighted by molar-refractivity contribution is 0.687. The van der Waals surface area contributed by atoms with Gasteiger partial charge < -0.3 is 10.6 Å². The van der Waals surface area contributed by atoms with E-state index in [0.717, 1.165) is 31.9 Å². The summed E-state index contributed by atoms with van der Waals surface area (Å²) in [5.41, 5.74) is 0. The topological polar surface area (TPSA) is 49.8 Å². The van der Waals surface area contributed by atoms with Crippen LogP contribution in [0.15, 0.2) is 18.3 Å². The molecule has 0 aromatic carbocycles. The molecule has 0 aliphatic rings. The van der Waals surface area contributed by atoms with E-state index in [1.807, 2.05) is 12.1 Å². The van der Waals surface area contributed by atoms with Crippen LogP contribution in [0.2, 0.25) is 0 Å². The Bertz CT molecular complexity index is 212. The quantitative estimate of drug-likeness (QED) is 0.638. The summed E-state index contributed by atoms with van der Waals surface area (Å²) in [5.74, 6) is 0.846. The van der Waals surface area contributed by atoms with Gasteiger partial charge in [-0.1, -0.05) is 6.92 Å². The molecule has 0 saturated carbocycles. The largest absolute Gasteiger partial charge is 0.369 e. The predicted molar refractivity (Wildman–Crippen MR) is 53.7 cm³/mol. The zero-order chi connectivity index (χ0) is 9.36. The van der Waals surface area contributed by atoms with Crippen molar-refractivity contribution in [3.63, 3.8) is 0 Å². The molecule has 72 valence electrons. The molecule has 4 nitrogen and oxygen atoms in total. The van der Waals surface area contributed by atoms with Gasteiger partial charge in [0.1, 0.15) is 5.82 Å². The van der Waals surface area contributed by atoms with Crippen molar-refractivity contribution in [3.8, 4) is 0 Å². The maximum absolute atomic E-state index is 3.92. The molecule has 1 aromatic heterocycles. The molecule has 0 atom stereocenters. The molecule has 0 unspecified atom stereocenters. The third kappa shape index (κ3) is 4.42. The number of rotatable bonds is 6. The van der Waals surface area contributed by atoms with Gasteiger partial charge in [-0.3, -0.25) is 0 Å². The molecule has 2 N–H and O–H groups in total. The number of hydrogen-bond donors (Lipinski definition) is 2. The highest BCUT2D eigenvalue weighted by atomic mass is 15.2. The smallest absolute Gasteiger partial charge is 0.148 e. The lowest BCUT2D eigenvalue weighted by atomic mass is 10.4. The first-order chi connectivity index (χ1) is 6.43. The van der Waals surface area contributed by atoms with Gasteiger partial charge >= 0.3 is 0 Å². The van der Waals surface area contributed by atoms with E-state index in [1.165, 1.54) is 0 Å². The second kappa shape index (κ2) is 6.37. The molecular weight excluding hydrogens is 164 g/mol. The highest BCUT2D eigenvalue weighted by Crippen LogP contribution is 1.96. The van der Waals surface area contributed by atoms with E-state index < -0.39 is 0 Å². The van der Waals surface area contributed by atoms with Gasteiger partial charge in [0.15, 0.2) is 0 Å². The van der Waals surface area contributed by atoms with Crippen molar-refractivity contribution >= 4 is 5.82 Å². The first-order valence-electron chi connectivity index (χ1n) is 4.65. The Hall–Kier alpha value is -1.16. The lowest BCUT2D eigenvalue weighted by Crippen LogP contribution is -2.17. The van der Waals surface area contributed by atoms with Gasteiger partial charge in [-0.25, -0.2) is 0 Å². The Morgan fingerprint density at radius 3 is 3.00 bits per heavy atom. The summed E-state index contributed by atoms with van der Waals surface area (Å²) >= 11 is 0. The van der Waals surface area contributed by atoms with Crippen molar-refractivity contribution in [2.24, 2.45) is 0 Å². The van der Waals surface area contributed by atoms with Crippen molar-refractivity contribution < 1.29 is 0 Å². The average Bonchev–Trinajstić information content (AvgIpc) is 2.19. The van der Waals surface area contributed by atoms with Crippen molar-refractivity contribution in [1.82, 2.24) is 15.5 Å². The second-order valence-electron chi connectivity index (χ2n) is 2.74. The van der Waals surface area contributed by atoms with Gasteiger partial charge in [0, 0.05) is 12.7 Å². The van der Waals surface area contributed by atoms with Crippen LogP contribution >= 0.6 is 0 Å². The van der Waals surface area contributed by atoms with Gasteiger partial charge in [0.2, 0.25) is 0 Å². The van der Waals surface area contributed by atoms with Gasteiger partial charge in [-0.15, -0.1) is 5.10 Å². The maximum atomic E-state index is 3.92. The number of hydrogen-bond acceptors (Lipinski definition) is 4. The van der Waals surface area contributed by atoms with E-state index in [4.69, 9.17) is 0 Å². The summed E-state index contributed by atoms with van der Waals surface area (Å²) in [4.78, 5) is 0. The molecule has 0 fully saturated rings. The van der Waals surface area contributed by atoms with E-state index in [1.54, 1.807) is 6.20 Å². The van der Waals surface area contributed by atoms with E-state index in [9.17, 15) is 0 Å². The first kappa shape index (κ1) is 9.92. The molecule has 0 radical (unpaired) electrons. The molecule has 13 heavy (non-hydrogen) atoms. The highest BCUT2D eigenvalue weighted by Gasteiger charge is 1.90. The van der Waals surface area contributed by atoms with Crippen LogP contribution in [0, 0.1) is 0 Å². The minimum atomic E-state index is 0.846. The predicted octanol–water partition coefficient (Wildman–Crippen LogP) is 0.888. The number of nitrogens with zero attached hydrogens (tertiary/aromatic N) is 2. The van der Waals surface area contributed by atoms with E-state index in [0.29, 0.717) is 0 Å². The van der Waals surface area contributed by atoms with Gasteiger partial charge in [-0.2, -0.15) is 5.10 Å². The summed E-state index contributed by atoms with van der Waals surface area (Å²) in [6.07, 6.45) is 2.77. The van der Waals surface area contributed by atoms with Crippen molar-refractivity contribution in [3.05, 3.63) is 18.3 Å². The molecule has 0 saturated heterocycles. The van der Waals surface area contributed by atoms with Crippen LogP contribution in [0.25, 0.3) is 0 Å². The Balaban J connectivity index is 2.07. The Morgan fingerprint density at radius 1 is 1.38 bits per heavy atom. The highest BCUT2D eigenvalue weighted by molar-refractivity contribution is 5.30. The fraction of sp³-hybridized carbons (Fsp3) is 0.556. The van der Waals surface area contributed by atoms with Gasteiger partial charge in [0.25, 0.3) is 0 Å². The zero-order valence-electron chi connectivity index (χ0n) is 7.95. The van der Waals surface area contributed by atoms with Crippen LogP contribution in [0.1, 0.15) is 13.3 Å². The van der Waals surface area contributed by atoms with Crippen molar-refractivity contribution in [2.75, 3.05) is 25.0 Å². The molecule has 0 aliphatic carbocycles. The molecular formula is C9H16N4. The Labute approximate surface area is 78.8 Å². The van der Waals surface area contributed by atoms with Crippen molar-refractivity contribution in [2.45, 2.75) is 13.3 Å². The lowest BCUT2D eigenvalue weighted by Gasteiger charge is -2.04. The molecule has 4 heteroatoms. The molecule has 1 heterocycles. The standard InChI is InChI=1S/C9H16N4/c1-2-10-6-4-7-11-9-5-3-8-12-13-9/h3,5,8,10H,2,4,6-7H2,1H3,(H,11,13). The number of anilines is 1. The molecule has 0 bridgehead atoms. The van der Waals surface area contributed by atoms with Crippen LogP contribution in [-0.2, 0) is 0 Å². The van der Waals surface area contributed by atoms with Crippen LogP contribution in [0.3, 0.4) is 0 Å². The Kier molecular flexibility index (Phi) is 4.86. The number of nitrogens with one attached hydrogen (secondary N) is 2. The monoisotopic (exact) mass is 180 g/mol. The maximum Gasteiger partial charge on any atom is 0.148 e. The fourth-order valence-electron chi connectivity index (χ4n) is 1.00. The summed E-state index contributed by atoms with van der Waals surface area (Å²) in [5, 5.41) is 14.1. The molecule has 0 spiro atoms. The van der Waals surface area contributed by atoms with Gasteiger partial charge in [-0.05, 0) is 31.6 Å². The minimum absolute atomic E-state index is 0.846. The zero-order valence-corrected chi connectivity index (χ0v) is 7.95. The summed E-state index contributed by atoms with van der Waals surface area (Å²) in [7, 11) is 0. The van der Waals surface area contributed by atoms with Crippen LogP contribution in [0.5, 0.6) is 0 Å². The molecule has 0 amide bonds. The summed E-state index contributed by atoms with van der Waals surface area (Å²) < 4.78 is 0. The minimum Gasteiger partial charge on any atom is -0.369 e. The Morgan fingerprint density at radius 2 is 2.31 bits per heavy atom. The van der Waals surface area contributed by atoms with Crippen LogP contribution in [0.4, 0.5) is 5.82 Å². The first-order valence-corrected chi connectivity index (χ1v) is 4.65. The van der Waals surface area contributed by atoms with E-state index in [2.05, 4.69) is 27.8 Å². The number of aromatic nitrogens is 2. The van der Waals surface area contributed by atoms with Crippen molar-refractivity contribution in [1.29, 1.82) is 0 Å².